The molecule has 0 bridgehead atoms. The Hall–Kier alpha value is -2.90. The summed E-state index contributed by atoms with van der Waals surface area (Å²) in [4.78, 5) is 17.8. The summed E-state index contributed by atoms with van der Waals surface area (Å²) in [6, 6.07) is 12.6. The van der Waals surface area contributed by atoms with E-state index in [4.69, 9.17) is 4.74 Å². The van der Waals surface area contributed by atoms with Gasteiger partial charge in [0, 0.05) is 36.8 Å². The molecule has 0 amide bonds. The number of hydrogen-bond acceptors (Lipinski definition) is 5. The van der Waals surface area contributed by atoms with E-state index in [9.17, 15) is 9.90 Å². The van der Waals surface area contributed by atoms with Crippen molar-refractivity contribution in [1.82, 2.24) is 9.47 Å². The minimum atomic E-state index is -0.603. The second kappa shape index (κ2) is 9.39. The van der Waals surface area contributed by atoms with Crippen LogP contribution in [0.2, 0.25) is 0 Å². The SMILES string of the molecule is C[C@@H](O)[C@@H](C)Oc1ccc2c(=O)n(-c3ccc(N4CC[C@@H](N5CCCC5)C4)c(F)c3)ccc2c1. The Kier molecular flexibility index (Phi) is 6.32. The highest BCUT2D eigenvalue weighted by atomic mass is 19.1. The zero-order valence-corrected chi connectivity index (χ0v) is 19.8. The van der Waals surface area contributed by atoms with Gasteiger partial charge in [0.1, 0.15) is 17.7 Å². The maximum atomic E-state index is 15.2. The van der Waals surface area contributed by atoms with Crippen molar-refractivity contribution in [2.45, 2.75) is 51.4 Å². The Balaban J connectivity index is 1.37. The number of ether oxygens (including phenoxy) is 1. The first-order valence-corrected chi connectivity index (χ1v) is 12.2. The smallest absolute Gasteiger partial charge is 0.262 e. The molecule has 2 fully saturated rings. The maximum Gasteiger partial charge on any atom is 0.262 e. The summed E-state index contributed by atoms with van der Waals surface area (Å²) in [5.74, 6) is 0.286. The number of hydrogen-bond donors (Lipinski definition) is 1. The van der Waals surface area contributed by atoms with Crippen LogP contribution in [0.5, 0.6) is 5.75 Å². The normalized spacial score (nSPS) is 20.7. The van der Waals surface area contributed by atoms with Crippen LogP contribution in [-0.4, -0.2) is 59.0 Å². The van der Waals surface area contributed by atoms with E-state index in [0.717, 1.165) is 38.0 Å². The third-order valence-electron chi connectivity index (χ3n) is 7.25. The average Bonchev–Trinajstić information content (AvgIpc) is 3.51. The Labute approximate surface area is 199 Å². The van der Waals surface area contributed by atoms with Crippen molar-refractivity contribution >= 4 is 16.5 Å². The zero-order chi connectivity index (χ0) is 23.8. The maximum absolute atomic E-state index is 15.2. The lowest BCUT2D eigenvalue weighted by Gasteiger charge is -2.25. The Bertz CT molecular complexity index is 1240. The number of anilines is 1. The van der Waals surface area contributed by atoms with Crippen LogP contribution in [0, 0.1) is 5.82 Å². The molecule has 1 N–H and O–H groups in total. The first-order chi connectivity index (χ1) is 16.4. The van der Waals surface area contributed by atoms with E-state index in [1.807, 2.05) is 12.1 Å². The second-order valence-corrected chi connectivity index (χ2v) is 9.57. The molecule has 6 nitrogen and oxygen atoms in total. The summed E-state index contributed by atoms with van der Waals surface area (Å²) in [7, 11) is 0. The zero-order valence-electron chi connectivity index (χ0n) is 19.8. The largest absolute Gasteiger partial charge is 0.488 e. The molecular formula is C27H32FN3O3. The summed E-state index contributed by atoms with van der Waals surface area (Å²) >= 11 is 0. The molecule has 0 aliphatic carbocycles. The highest BCUT2D eigenvalue weighted by molar-refractivity contribution is 5.83. The predicted molar refractivity (Wildman–Crippen MR) is 133 cm³/mol. The standard InChI is InChI=1S/C27H32FN3O3/c1-18(32)19(2)34-23-6-7-24-20(15-23)9-14-31(27(24)33)21-5-8-26(25(28)16-21)30-13-10-22(17-30)29-11-3-4-12-29/h5-9,14-16,18-19,22,32H,3-4,10-13,17H2,1-2H3/t18-,19-,22-/m1/s1. The van der Waals surface area contributed by atoms with Crippen LogP contribution in [-0.2, 0) is 0 Å². The molecule has 0 saturated carbocycles. The number of aliphatic hydroxyl groups is 1. The lowest BCUT2D eigenvalue weighted by molar-refractivity contribution is 0.0605. The van der Waals surface area contributed by atoms with Crippen LogP contribution in [0.1, 0.15) is 33.1 Å². The van der Waals surface area contributed by atoms with Crippen LogP contribution in [0.15, 0.2) is 53.5 Å². The minimum Gasteiger partial charge on any atom is -0.488 e. The number of aliphatic hydroxyl groups excluding tert-OH is 1. The summed E-state index contributed by atoms with van der Waals surface area (Å²) in [6.45, 7) is 7.47. The van der Waals surface area contributed by atoms with Gasteiger partial charge in [-0.15, -0.1) is 0 Å². The predicted octanol–water partition coefficient (Wildman–Crippen LogP) is 3.95. The molecule has 2 aliphatic rings. The van der Waals surface area contributed by atoms with Gasteiger partial charge in [-0.2, -0.15) is 0 Å². The average molecular weight is 466 g/mol. The lowest BCUT2D eigenvalue weighted by Crippen LogP contribution is -2.35. The van der Waals surface area contributed by atoms with Gasteiger partial charge in [0.25, 0.3) is 5.56 Å². The summed E-state index contributed by atoms with van der Waals surface area (Å²) < 4.78 is 22.4. The summed E-state index contributed by atoms with van der Waals surface area (Å²) in [5, 5.41) is 10.9. The van der Waals surface area contributed by atoms with E-state index < -0.39 is 6.10 Å². The third kappa shape index (κ3) is 4.42. The number of fused-ring (bicyclic) bond motifs is 1. The van der Waals surface area contributed by atoms with E-state index in [2.05, 4.69) is 9.80 Å². The van der Waals surface area contributed by atoms with E-state index in [0.29, 0.717) is 28.6 Å². The molecule has 180 valence electrons. The Morgan fingerprint density at radius 3 is 2.59 bits per heavy atom. The van der Waals surface area contributed by atoms with E-state index >= 15 is 4.39 Å². The molecule has 0 radical (unpaired) electrons. The molecule has 5 rings (SSSR count). The van der Waals surface area contributed by atoms with Crippen LogP contribution in [0.4, 0.5) is 10.1 Å². The molecule has 2 saturated heterocycles. The highest BCUT2D eigenvalue weighted by Gasteiger charge is 2.30. The number of aromatic nitrogens is 1. The van der Waals surface area contributed by atoms with Gasteiger partial charge in [-0.1, -0.05) is 0 Å². The van der Waals surface area contributed by atoms with Crippen molar-refractivity contribution in [3.63, 3.8) is 0 Å². The Morgan fingerprint density at radius 1 is 1.06 bits per heavy atom. The molecule has 3 heterocycles. The summed E-state index contributed by atoms with van der Waals surface area (Å²) in [5.41, 5.74) is 0.898. The fourth-order valence-corrected chi connectivity index (χ4v) is 5.08. The first-order valence-electron chi connectivity index (χ1n) is 12.2. The van der Waals surface area contributed by atoms with Crippen LogP contribution in [0.25, 0.3) is 16.5 Å². The molecule has 1 aromatic heterocycles. The van der Waals surface area contributed by atoms with Gasteiger partial charge in [-0.25, -0.2) is 4.39 Å². The number of likely N-dealkylation sites (tertiary alicyclic amines) is 1. The number of nitrogens with zero attached hydrogens (tertiary/aromatic N) is 3. The van der Waals surface area contributed by atoms with Gasteiger partial charge in [0.15, 0.2) is 0 Å². The third-order valence-corrected chi connectivity index (χ3v) is 7.25. The van der Waals surface area contributed by atoms with Crippen LogP contribution >= 0.6 is 0 Å². The number of pyridine rings is 1. The van der Waals surface area contributed by atoms with Gasteiger partial charge in [0.2, 0.25) is 0 Å². The molecule has 7 heteroatoms. The van der Waals surface area contributed by atoms with E-state index in [1.54, 1.807) is 44.3 Å². The Morgan fingerprint density at radius 2 is 1.85 bits per heavy atom. The summed E-state index contributed by atoms with van der Waals surface area (Å²) in [6.07, 6.45) is 4.28. The van der Waals surface area contributed by atoms with Crippen molar-refractivity contribution in [2.24, 2.45) is 0 Å². The molecule has 3 atom stereocenters. The molecule has 2 aromatic carbocycles. The van der Waals surface area contributed by atoms with Gasteiger partial charge < -0.3 is 14.7 Å². The monoisotopic (exact) mass is 465 g/mol. The lowest BCUT2D eigenvalue weighted by atomic mass is 10.1. The molecule has 0 spiro atoms. The van der Waals surface area contributed by atoms with E-state index in [1.165, 1.54) is 23.5 Å². The van der Waals surface area contributed by atoms with Crippen molar-refractivity contribution in [3.8, 4) is 11.4 Å². The number of rotatable bonds is 6. The quantitative estimate of drug-likeness (QED) is 0.597. The van der Waals surface area contributed by atoms with Crippen molar-refractivity contribution < 1.29 is 14.2 Å². The second-order valence-electron chi connectivity index (χ2n) is 9.57. The van der Waals surface area contributed by atoms with Crippen molar-refractivity contribution in [1.29, 1.82) is 0 Å². The molecule has 0 unspecified atom stereocenters. The van der Waals surface area contributed by atoms with Crippen molar-refractivity contribution in [3.05, 3.63) is 64.8 Å². The number of halogens is 1. The molecule has 2 aliphatic heterocycles. The van der Waals surface area contributed by atoms with Crippen molar-refractivity contribution in [2.75, 3.05) is 31.1 Å². The first kappa shape index (κ1) is 22.9. The van der Waals surface area contributed by atoms with Gasteiger partial charge in [-0.3, -0.25) is 14.3 Å². The fourth-order valence-electron chi connectivity index (χ4n) is 5.08. The molecule has 3 aromatic rings. The number of benzene rings is 2. The van der Waals surface area contributed by atoms with Gasteiger partial charge >= 0.3 is 0 Å². The van der Waals surface area contributed by atoms with Crippen LogP contribution < -0.4 is 15.2 Å². The van der Waals surface area contributed by atoms with Gasteiger partial charge in [0.05, 0.1) is 17.5 Å². The minimum absolute atomic E-state index is 0.213. The highest BCUT2D eigenvalue weighted by Crippen LogP contribution is 2.29. The topological polar surface area (TPSA) is 57.9 Å². The molecular weight excluding hydrogens is 433 g/mol. The fraction of sp³-hybridized carbons (Fsp3) is 0.444. The molecule has 34 heavy (non-hydrogen) atoms. The van der Waals surface area contributed by atoms with E-state index in [-0.39, 0.29) is 17.5 Å². The van der Waals surface area contributed by atoms with Gasteiger partial charge in [-0.05, 0) is 88.0 Å². The van der Waals surface area contributed by atoms with Crippen LogP contribution in [0.3, 0.4) is 0 Å².